The highest BCUT2D eigenvalue weighted by atomic mass is 35.5. The Morgan fingerprint density at radius 2 is 1.92 bits per heavy atom. The van der Waals surface area contributed by atoms with E-state index in [0.717, 1.165) is 36.3 Å². The maximum Gasteiger partial charge on any atom is 0.305 e. The van der Waals surface area contributed by atoms with E-state index in [1.54, 1.807) is 17.5 Å². The molecule has 1 aromatic carbocycles. The molecule has 2 N–H and O–H groups in total. The molecule has 0 bridgehead atoms. The van der Waals surface area contributed by atoms with Crippen LogP contribution in [0.15, 0.2) is 29.6 Å². The predicted octanol–water partition coefficient (Wildman–Crippen LogP) is 4.62. The van der Waals surface area contributed by atoms with Crippen molar-refractivity contribution in [2.45, 2.75) is 44.6 Å². The van der Waals surface area contributed by atoms with E-state index in [4.69, 9.17) is 11.6 Å². The fourth-order valence-electron chi connectivity index (χ4n) is 3.41. The monoisotopic (exact) mass is 392 g/mol. The summed E-state index contributed by atoms with van der Waals surface area (Å²) in [6.45, 7) is 0. The molecule has 0 spiro atoms. The second kappa shape index (κ2) is 8.64. The molecule has 26 heavy (non-hydrogen) atoms. The van der Waals surface area contributed by atoms with Crippen molar-refractivity contribution < 1.29 is 14.7 Å². The maximum absolute atomic E-state index is 12.6. The molecule has 1 aliphatic rings. The summed E-state index contributed by atoms with van der Waals surface area (Å²) in [6.07, 6.45) is 5.24. The Bertz CT molecular complexity index is 769. The van der Waals surface area contributed by atoms with Gasteiger partial charge in [0.05, 0.1) is 6.42 Å². The van der Waals surface area contributed by atoms with E-state index in [2.05, 4.69) is 10.3 Å². The molecule has 3 rings (SSSR count). The van der Waals surface area contributed by atoms with E-state index in [1.807, 2.05) is 12.1 Å². The maximum atomic E-state index is 12.6. The number of carbonyl (C=O) groups is 2. The highest BCUT2D eigenvalue weighted by Gasteiger charge is 2.28. The molecular formula is C19H21ClN2O3S. The van der Waals surface area contributed by atoms with Crippen LogP contribution in [0.5, 0.6) is 0 Å². The van der Waals surface area contributed by atoms with Crippen LogP contribution in [0.25, 0.3) is 10.6 Å². The number of carbonyl (C=O) groups excluding carboxylic acids is 1. The number of nitrogens with one attached hydrogen (secondary N) is 1. The summed E-state index contributed by atoms with van der Waals surface area (Å²) in [5, 5.41) is 15.2. The standard InChI is InChI=1S/C19H21ClN2O3S/c20-14-8-6-13(7-9-14)19-22-16(11-26-19)18(25)21-15(10-17(23)24)12-4-2-1-3-5-12/h6-9,11-12,15H,1-5,10H2,(H,21,25)(H,23,24). The van der Waals surface area contributed by atoms with Crippen LogP contribution in [0.4, 0.5) is 0 Å². The lowest BCUT2D eigenvalue weighted by Crippen LogP contribution is -2.42. The number of halogens is 1. The van der Waals surface area contributed by atoms with Crippen molar-refractivity contribution in [2.75, 3.05) is 0 Å². The summed E-state index contributed by atoms with van der Waals surface area (Å²) >= 11 is 7.28. The summed E-state index contributed by atoms with van der Waals surface area (Å²) in [5.41, 5.74) is 1.22. The van der Waals surface area contributed by atoms with Gasteiger partial charge in [-0.15, -0.1) is 11.3 Å². The van der Waals surface area contributed by atoms with Crippen LogP contribution >= 0.6 is 22.9 Å². The van der Waals surface area contributed by atoms with Gasteiger partial charge in [0.15, 0.2) is 0 Å². The Morgan fingerprint density at radius 1 is 1.23 bits per heavy atom. The van der Waals surface area contributed by atoms with Gasteiger partial charge in [0.2, 0.25) is 0 Å². The average Bonchev–Trinajstić information content (AvgIpc) is 3.12. The first-order chi connectivity index (χ1) is 12.5. The van der Waals surface area contributed by atoms with Crippen molar-refractivity contribution in [2.24, 2.45) is 5.92 Å². The third-order valence-electron chi connectivity index (χ3n) is 4.76. The van der Waals surface area contributed by atoms with E-state index < -0.39 is 5.97 Å². The predicted molar refractivity (Wildman–Crippen MR) is 103 cm³/mol. The van der Waals surface area contributed by atoms with Gasteiger partial charge >= 0.3 is 5.97 Å². The fraction of sp³-hybridized carbons (Fsp3) is 0.421. The number of aliphatic carboxylic acids is 1. The van der Waals surface area contributed by atoms with Crippen LogP contribution in [0.3, 0.4) is 0 Å². The van der Waals surface area contributed by atoms with Gasteiger partial charge in [0.1, 0.15) is 10.7 Å². The molecule has 7 heteroatoms. The molecule has 1 atom stereocenters. The number of nitrogens with zero attached hydrogens (tertiary/aromatic N) is 1. The lowest BCUT2D eigenvalue weighted by atomic mass is 9.82. The second-order valence-corrected chi connectivity index (χ2v) is 7.92. The number of hydrogen-bond acceptors (Lipinski definition) is 4. The van der Waals surface area contributed by atoms with Crippen molar-refractivity contribution in [1.29, 1.82) is 0 Å². The second-order valence-electron chi connectivity index (χ2n) is 6.62. The lowest BCUT2D eigenvalue weighted by Gasteiger charge is -2.29. The zero-order valence-electron chi connectivity index (χ0n) is 14.3. The van der Waals surface area contributed by atoms with E-state index >= 15 is 0 Å². The van der Waals surface area contributed by atoms with Gasteiger partial charge in [0.25, 0.3) is 5.91 Å². The Labute approximate surface area is 161 Å². The summed E-state index contributed by atoms with van der Waals surface area (Å²) in [5.74, 6) is -0.975. The number of carboxylic acid groups (broad SMARTS) is 1. The summed E-state index contributed by atoms with van der Waals surface area (Å²) in [7, 11) is 0. The van der Waals surface area contributed by atoms with Gasteiger partial charge < -0.3 is 10.4 Å². The van der Waals surface area contributed by atoms with Gasteiger partial charge in [-0.1, -0.05) is 43.0 Å². The molecular weight excluding hydrogens is 372 g/mol. The zero-order valence-corrected chi connectivity index (χ0v) is 15.9. The smallest absolute Gasteiger partial charge is 0.305 e. The molecule has 2 aromatic rings. The van der Waals surface area contributed by atoms with Crippen molar-refractivity contribution in [3.63, 3.8) is 0 Å². The van der Waals surface area contributed by atoms with Crippen LogP contribution < -0.4 is 5.32 Å². The molecule has 1 saturated carbocycles. The van der Waals surface area contributed by atoms with Crippen LogP contribution in [0.1, 0.15) is 49.0 Å². The van der Waals surface area contributed by atoms with Gasteiger partial charge in [-0.3, -0.25) is 9.59 Å². The van der Waals surface area contributed by atoms with Gasteiger partial charge in [-0.25, -0.2) is 4.98 Å². The Balaban J connectivity index is 1.70. The molecule has 5 nitrogen and oxygen atoms in total. The molecule has 138 valence electrons. The molecule has 1 aromatic heterocycles. The number of thiazole rings is 1. The molecule has 0 radical (unpaired) electrons. The SMILES string of the molecule is O=C(O)CC(NC(=O)c1csc(-c2ccc(Cl)cc2)n1)C1CCCCC1. The van der Waals surface area contributed by atoms with Gasteiger partial charge in [-0.05, 0) is 30.9 Å². The molecule has 1 aliphatic carbocycles. The average molecular weight is 393 g/mol. The molecule has 0 saturated heterocycles. The first-order valence-corrected chi connectivity index (χ1v) is 10.0. The molecule has 1 amide bonds. The van der Waals surface area contributed by atoms with Crippen molar-refractivity contribution >= 4 is 34.8 Å². The van der Waals surface area contributed by atoms with Crippen LogP contribution in [-0.2, 0) is 4.79 Å². The number of carboxylic acids is 1. The molecule has 0 aliphatic heterocycles. The van der Waals surface area contributed by atoms with E-state index in [0.29, 0.717) is 10.7 Å². The molecule has 1 unspecified atom stereocenters. The minimum Gasteiger partial charge on any atom is -0.481 e. The van der Waals surface area contributed by atoms with Crippen molar-refractivity contribution in [1.82, 2.24) is 10.3 Å². The van der Waals surface area contributed by atoms with E-state index in [-0.39, 0.29) is 24.3 Å². The van der Waals surface area contributed by atoms with Crippen LogP contribution in [0, 0.1) is 5.92 Å². The zero-order chi connectivity index (χ0) is 18.5. The van der Waals surface area contributed by atoms with Crippen LogP contribution in [0.2, 0.25) is 5.02 Å². The number of aromatic nitrogens is 1. The molecule has 1 fully saturated rings. The van der Waals surface area contributed by atoms with Crippen LogP contribution in [-0.4, -0.2) is 28.0 Å². The number of rotatable bonds is 6. The largest absolute Gasteiger partial charge is 0.481 e. The number of benzene rings is 1. The highest BCUT2D eigenvalue weighted by molar-refractivity contribution is 7.13. The van der Waals surface area contributed by atoms with Crippen molar-refractivity contribution in [3.8, 4) is 10.6 Å². The quantitative estimate of drug-likeness (QED) is 0.751. The lowest BCUT2D eigenvalue weighted by molar-refractivity contribution is -0.137. The number of hydrogen-bond donors (Lipinski definition) is 2. The molecule has 1 heterocycles. The Morgan fingerprint density at radius 3 is 2.58 bits per heavy atom. The Hall–Kier alpha value is -1.92. The first kappa shape index (κ1) is 18.9. The first-order valence-electron chi connectivity index (χ1n) is 8.77. The summed E-state index contributed by atoms with van der Waals surface area (Å²) < 4.78 is 0. The third kappa shape index (κ3) is 4.83. The normalized spacial score (nSPS) is 16.2. The third-order valence-corrected chi connectivity index (χ3v) is 5.90. The minimum absolute atomic E-state index is 0.0510. The Kier molecular flexibility index (Phi) is 6.27. The van der Waals surface area contributed by atoms with Gasteiger partial charge in [-0.2, -0.15) is 0 Å². The fourth-order valence-corrected chi connectivity index (χ4v) is 4.34. The van der Waals surface area contributed by atoms with Crippen molar-refractivity contribution in [3.05, 3.63) is 40.4 Å². The summed E-state index contributed by atoms with van der Waals surface area (Å²) in [4.78, 5) is 28.2. The topological polar surface area (TPSA) is 79.3 Å². The van der Waals surface area contributed by atoms with E-state index in [9.17, 15) is 14.7 Å². The number of amides is 1. The minimum atomic E-state index is -0.888. The highest BCUT2D eigenvalue weighted by Crippen LogP contribution is 2.29. The summed E-state index contributed by atoms with van der Waals surface area (Å²) in [6, 6.07) is 6.94. The van der Waals surface area contributed by atoms with E-state index in [1.165, 1.54) is 17.8 Å². The van der Waals surface area contributed by atoms with Gasteiger partial charge in [0, 0.05) is 22.0 Å².